The fourth-order valence-corrected chi connectivity index (χ4v) is 7.00. The van der Waals surface area contributed by atoms with E-state index < -0.39 is 23.7 Å². The van der Waals surface area contributed by atoms with Gasteiger partial charge in [0.2, 0.25) is 0 Å². The topological polar surface area (TPSA) is 127 Å². The second-order valence-electron chi connectivity index (χ2n) is 13.1. The average Bonchev–Trinajstić information content (AvgIpc) is 3.94. The number of nitrogens with zero attached hydrogens (tertiary/aromatic N) is 6. The number of aryl methyl sites for hydroxylation is 1. The van der Waals surface area contributed by atoms with Gasteiger partial charge in [0.15, 0.2) is 0 Å². The lowest BCUT2D eigenvalue weighted by molar-refractivity contribution is 0.0628. The number of amides is 3. The fraction of sp³-hybridized carbons (Fsp3) is 0.200. The Morgan fingerprint density at radius 2 is 1.62 bits per heavy atom. The number of hydrogen-bond acceptors (Lipinski definition) is 7. The van der Waals surface area contributed by atoms with Crippen LogP contribution in [0.15, 0.2) is 109 Å². The Morgan fingerprint density at radius 3 is 2.40 bits per heavy atom. The summed E-state index contributed by atoms with van der Waals surface area (Å²) in [7, 11) is 0. The first kappa shape index (κ1) is 32.8. The SMILES string of the molecule is O=C(N[C@@H](Cc1cccc(F)c1)CN1C(=O)c2ccccc2C1=O)c1c(Cn2cc(-c3cccc(NCc4ccccc4)c3)nn2)nn2c1CCC2. The van der Waals surface area contributed by atoms with E-state index in [4.69, 9.17) is 5.10 Å². The van der Waals surface area contributed by atoms with Gasteiger partial charge in [0.1, 0.15) is 11.5 Å². The molecule has 0 aliphatic carbocycles. The molecule has 6 aromatic rings. The van der Waals surface area contributed by atoms with Gasteiger partial charge in [0.25, 0.3) is 17.7 Å². The van der Waals surface area contributed by atoms with Crippen molar-refractivity contribution in [3.05, 3.63) is 154 Å². The van der Waals surface area contributed by atoms with E-state index in [0.29, 0.717) is 53.2 Å². The van der Waals surface area contributed by atoms with Gasteiger partial charge in [-0.3, -0.25) is 24.0 Å². The molecule has 11 nitrogen and oxygen atoms in total. The zero-order valence-corrected chi connectivity index (χ0v) is 28.2. The number of fused-ring (bicyclic) bond motifs is 2. The maximum Gasteiger partial charge on any atom is 0.261 e. The molecule has 0 saturated carbocycles. The fourth-order valence-electron chi connectivity index (χ4n) is 7.00. The smallest absolute Gasteiger partial charge is 0.261 e. The third kappa shape index (κ3) is 6.70. The summed E-state index contributed by atoms with van der Waals surface area (Å²) in [5.74, 6) is -1.65. The number of rotatable bonds is 12. The first-order valence-corrected chi connectivity index (χ1v) is 17.3. The largest absolute Gasteiger partial charge is 0.381 e. The van der Waals surface area contributed by atoms with Crippen LogP contribution in [0.1, 0.15) is 60.0 Å². The number of nitrogens with one attached hydrogen (secondary N) is 2. The lowest BCUT2D eigenvalue weighted by Crippen LogP contribution is -2.47. The first-order valence-electron chi connectivity index (χ1n) is 17.3. The Morgan fingerprint density at radius 1 is 0.865 bits per heavy atom. The first-order chi connectivity index (χ1) is 25.4. The standard InChI is InChI=1S/C40H35FN8O3/c41-29-13-6-11-27(19-29)20-31(23-48-39(51)32-15-4-5-16-33(32)40(48)52)43-38(50)37-35(45-49-18-8-17-36(37)49)25-47-24-34(44-46-47)28-12-7-14-30(21-28)42-22-26-9-2-1-3-10-26/h1-7,9-16,19,21,24,31,42H,8,17-18,20,22-23,25H2,(H,43,50)/t31-/m0/s1. The lowest BCUT2D eigenvalue weighted by atomic mass is 10.0. The van der Waals surface area contributed by atoms with Crippen molar-refractivity contribution >= 4 is 23.4 Å². The number of benzene rings is 4. The molecule has 2 aliphatic rings. The van der Waals surface area contributed by atoms with E-state index in [9.17, 15) is 18.8 Å². The highest BCUT2D eigenvalue weighted by molar-refractivity contribution is 6.21. The molecule has 1 atom stereocenters. The van der Waals surface area contributed by atoms with Gasteiger partial charge in [-0.1, -0.05) is 71.9 Å². The molecule has 0 spiro atoms. The molecule has 0 saturated heterocycles. The molecular formula is C40H35FN8O3. The average molecular weight is 695 g/mol. The van der Waals surface area contributed by atoms with Crippen molar-refractivity contribution in [3.63, 3.8) is 0 Å². The minimum Gasteiger partial charge on any atom is -0.381 e. The summed E-state index contributed by atoms with van der Waals surface area (Å²) in [4.78, 5) is 42.0. The van der Waals surface area contributed by atoms with Crippen molar-refractivity contribution in [1.29, 1.82) is 0 Å². The zero-order chi connectivity index (χ0) is 35.6. The van der Waals surface area contributed by atoms with Crippen LogP contribution in [0.2, 0.25) is 0 Å². The van der Waals surface area contributed by atoms with Gasteiger partial charge in [-0.05, 0) is 66.8 Å². The molecule has 8 rings (SSSR count). The second kappa shape index (κ2) is 14.1. The van der Waals surface area contributed by atoms with Crippen LogP contribution in [0.4, 0.5) is 10.1 Å². The summed E-state index contributed by atoms with van der Waals surface area (Å²) >= 11 is 0. The number of halogens is 1. The van der Waals surface area contributed by atoms with Crippen molar-refractivity contribution < 1.29 is 18.8 Å². The third-order valence-electron chi connectivity index (χ3n) is 9.48. The molecule has 4 aromatic carbocycles. The molecule has 0 radical (unpaired) electrons. The minimum atomic E-state index is -0.706. The molecule has 52 heavy (non-hydrogen) atoms. The van der Waals surface area contributed by atoms with Crippen LogP contribution in [0, 0.1) is 5.82 Å². The minimum absolute atomic E-state index is 0.0842. The summed E-state index contributed by atoms with van der Waals surface area (Å²) in [5, 5.41) is 20.1. The van der Waals surface area contributed by atoms with Gasteiger partial charge in [0.05, 0.1) is 46.9 Å². The maximum absolute atomic E-state index is 14.2. The van der Waals surface area contributed by atoms with Crippen molar-refractivity contribution in [2.24, 2.45) is 0 Å². The molecule has 4 heterocycles. The zero-order valence-electron chi connectivity index (χ0n) is 28.2. The monoisotopic (exact) mass is 694 g/mol. The van der Waals surface area contributed by atoms with E-state index in [2.05, 4.69) is 33.1 Å². The molecule has 0 fully saturated rings. The summed E-state index contributed by atoms with van der Waals surface area (Å²) < 4.78 is 17.7. The predicted octanol–water partition coefficient (Wildman–Crippen LogP) is 5.52. The Balaban J connectivity index is 1.02. The van der Waals surface area contributed by atoms with E-state index in [1.807, 2.05) is 53.3 Å². The van der Waals surface area contributed by atoms with Crippen molar-refractivity contribution in [2.75, 3.05) is 11.9 Å². The van der Waals surface area contributed by atoms with Gasteiger partial charge < -0.3 is 10.6 Å². The highest BCUT2D eigenvalue weighted by Crippen LogP contribution is 2.27. The highest BCUT2D eigenvalue weighted by atomic mass is 19.1. The van der Waals surface area contributed by atoms with Gasteiger partial charge >= 0.3 is 0 Å². The van der Waals surface area contributed by atoms with Crippen LogP contribution in [0.3, 0.4) is 0 Å². The second-order valence-corrected chi connectivity index (χ2v) is 13.1. The van der Waals surface area contributed by atoms with E-state index >= 15 is 0 Å². The van der Waals surface area contributed by atoms with Crippen molar-refractivity contribution in [3.8, 4) is 11.3 Å². The molecule has 2 aromatic heterocycles. The van der Waals surface area contributed by atoms with Gasteiger partial charge in [-0.2, -0.15) is 5.10 Å². The normalized spacial score (nSPS) is 14.0. The van der Waals surface area contributed by atoms with Crippen molar-refractivity contribution in [1.82, 2.24) is 35.0 Å². The van der Waals surface area contributed by atoms with Gasteiger partial charge in [-0.25, -0.2) is 9.07 Å². The van der Waals surface area contributed by atoms with Crippen LogP contribution in [0.5, 0.6) is 0 Å². The molecule has 12 heteroatoms. The van der Waals surface area contributed by atoms with E-state index in [1.165, 1.54) is 17.7 Å². The Hall–Kier alpha value is -6.43. The van der Waals surface area contributed by atoms with Crippen molar-refractivity contribution in [2.45, 2.75) is 44.9 Å². The maximum atomic E-state index is 14.2. The number of carbonyl (C=O) groups is 3. The lowest BCUT2D eigenvalue weighted by Gasteiger charge is -2.24. The molecule has 0 bridgehead atoms. The van der Waals surface area contributed by atoms with Crippen LogP contribution in [-0.4, -0.2) is 60.0 Å². The van der Waals surface area contributed by atoms with E-state index in [-0.39, 0.29) is 25.4 Å². The van der Waals surface area contributed by atoms with Crippen LogP contribution in [0.25, 0.3) is 11.3 Å². The summed E-state index contributed by atoms with van der Waals surface area (Å²) in [6.07, 6.45) is 3.56. The highest BCUT2D eigenvalue weighted by Gasteiger charge is 2.37. The summed E-state index contributed by atoms with van der Waals surface area (Å²) in [6, 6.07) is 30.2. The summed E-state index contributed by atoms with van der Waals surface area (Å²) in [6.45, 7) is 1.49. The van der Waals surface area contributed by atoms with Gasteiger partial charge in [0, 0.05) is 30.9 Å². The van der Waals surface area contributed by atoms with Crippen LogP contribution in [-0.2, 0) is 32.5 Å². The third-order valence-corrected chi connectivity index (χ3v) is 9.48. The molecule has 2 aliphatic heterocycles. The molecule has 2 N–H and O–H groups in total. The number of carbonyl (C=O) groups excluding carboxylic acids is 3. The number of hydrogen-bond donors (Lipinski definition) is 2. The van der Waals surface area contributed by atoms with E-state index in [0.717, 1.165) is 28.3 Å². The quantitative estimate of drug-likeness (QED) is 0.162. The Labute approximate surface area is 299 Å². The van der Waals surface area contributed by atoms with E-state index in [1.54, 1.807) is 41.1 Å². The number of anilines is 1. The van der Waals surface area contributed by atoms with Gasteiger partial charge in [-0.15, -0.1) is 5.10 Å². The summed E-state index contributed by atoms with van der Waals surface area (Å²) in [5.41, 5.74) is 6.75. The Bertz CT molecular complexity index is 2260. The molecule has 0 unspecified atom stereocenters. The Kier molecular flexibility index (Phi) is 8.86. The predicted molar refractivity (Wildman–Crippen MR) is 192 cm³/mol. The molecular weight excluding hydrogens is 659 g/mol. The number of imide groups is 1. The van der Waals surface area contributed by atoms with Crippen LogP contribution < -0.4 is 10.6 Å². The van der Waals surface area contributed by atoms with Crippen LogP contribution >= 0.6 is 0 Å². The number of aromatic nitrogens is 5. The molecule has 260 valence electrons. The molecule has 3 amide bonds.